The topological polar surface area (TPSA) is 67.9 Å². The Morgan fingerprint density at radius 3 is 2.91 bits per heavy atom. The molecule has 2 N–H and O–H groups in total. The Balaban J connectivity index is 1.99. The molecule has 1 unspecified atom stereocenters. The fraction of sp³-hybridized carbons (Fsp3) is 0.176. The summed E-state index contributed by atoms with van der Waals surface area (Å²) in [5.41, 5.74) is 9.04. The molecule has 2 aromatic carbocycles. The summed E-state index contributed by atoms with van der Waals surface area (Å²) in [4.78, 5) is 18.7. The van der Waals surface area contributed by atoms with Gasteiger partial charge in [0.1, 0.15) is 12.4 Å². The van der Waals surface area contributed by atoms with Crippen LogP contribution in [0.1, 0.15) is 11.1 Å². The summed E-state index contributed by atoms with van der Waals surface area (Å²) in [6.45, 7) is 0.913. The number of halogens is 1. The van der Waals surface area contributed by atoms with Gasteiger partial charge in [-0.2, -0.15) is 0 Å². The van der Waals surface area contributed by atoms with Crippen molar-refractivity contribution in [2.75, 3.05) is 18.1 Å². The predicted molar refractivity (Wildman–Crippen MR) is 89.4 cm³/mol. The Hall–Kier alpha value is -2.37. The van der Waals surface area contributed by atoms with Gasteiger partial charge in [0, 0.05) is 16.1 Å². The van der Waals surface area contributed by atoms with Crippen LogP contribution in [-0.2, 0) is 4.79 Å². The van der Waals surface area contributed by atoms with Gasteiger partial charge in [0.25, 0.3) is 5.91 Å². The number of hydrogen-bond acceptors (Lipinski definition) is 4. The zero-order chi connectivity index (χ0) is 16.0. The summed E-state index contributed by atoms with van der Waals surface area (Å²) in [6, 6.07) is 13.0. The van der Waals surface area contributed by atoms with Crippen molar-refractivity contribution in [3.63, 3.8) is 0 Å². The predicted octanol–water partition coefficient (Wildman–Crippen LogP) is 2.20. The van der Waals surface area contributed by atoms with Gasteiger partial charge in [-0.3, -0.25) is 9.79 Å². The molecule has 0 spiro atoms. The Morgan fingerprint density at radius 1 is 1.26 bits per heavy atom. The second-order valence-electron chi connectivity index (χ2n) is 5.42. The van der Waals surface area contributed by atoms with Gasteiger partial charge < -0.3 is 15.4 Å². The number of carbonyl (C=O) groups is 1. The molecule has 0 saturated heterocycles. The molecule has 0 aliphatic carbocycles. The van der Waals surface area contributed by atoms with Crippen LogP contribution in [0.15, 0.2) is 47.5 Å². The fourth-order valence-electron chi connectivity index (χ4n) is 2.98. The van der Waals surface area contributed by atoms with Gasteiger partial charge in [0.2, 0.25) is 0 Å². The molecule has 2 aliphatic rings. The van der Waals surface area contributed by atoms with Crippen molar-refractivity contribution in [3.8, 4) is 5.75 Å². The van der Waals surface area contributed by atoms with Gasteiger partial charge in [-0.05, 0) is 18.2 Å². The van der Waals surface area contributed by atoms with Crippen molar-refractivity contribution in [2.45, 2.75) is 6.17 Å². The lowest BCUT2D eigenvalue weighted by atomic mass is 9.99. The zero-order valence-corrected chi connectivity index (χ0v) is 13.0. The first-order valence-electron chi connectivity index (χ1n) is 7.32. The third-order valence-electron chi connectivity index (χ3n) is 3.98. The van der Waals surface area contributed by atoms with E-state index in [1.165, 1.54) is 0 Å². The lowest BCUT2D eigenvalue weighted by molar-refractivity contribution is -0.119. The number of ether oxygens (including phenoxy) is 1. The van der Waals surface area contributed by atoms with E-state index in [9.17, 15) is 4.79 Å². The molecule has 6 heteroatoms. The SMILES string of the molecule is NC1N=C(c2cccc(Cl)c2)c2cccc3c2N(CCO3)C1=O. The van der Waals surface area contributed by atoms with Gasteiger partial charge >= 0.3 is 0 Å². The summed E-state index contributed by atoms with van der Waals surface area (Å²) in [7, 11) is 0. The number of benzene rings is 2. The highest BCUT2D eigenvalue weighted by molar-refractivity contribution is 6.31. The standard InChI is InChI=1S/C17H14ClN3O2/c18-11-4-1-3-10(9-11)14-12-5-2-6-13-15(12)21(7-8-23-13)17(22)16(19)20-14/h1-6,9,16H,7-8,19H2. The number of amides is 1. The van der Waals surface area contributed by atoms with E-state index in [1.807, 2.05) is 36.4 Å². The maximum absolute atomic E-state index is 12.6. The first kappa shape index (κ1) is 14.2. The van der Waals surface area contributed by atoms with Crippen molar-refractivity contribution in [1.29, 1.82) is 0 Å². The average molecular weight is 328 g/mol. The number of nitrogens with zero attached hydrogens (tertiary/aromatic N) is 2. The molecule has 2 heterocycles. The molecule has 2 aliphatic heterocycles. The highest BCUT2D eigenvalue weighted by Gasteiger charge is 2.34. The molecule has 23 heavy (non-hydrogen) atoms. The molecule has 116 valence electrons. The zero-order valence-electron chi connectivity index (χ0n) is 12.2. The number of nitrogens with two attached hydrogens (primary N) is 1. The van der Waals surface area contributed by atoms with Crippen LogP contribution < -0.4 is 15.4 Å². The number of anilines is 1. The minimum atomic E-state index is -0.942. The molecular formula is C17H14ClN3O2. The molecule has 0 aromatic heterocycles. The van der Waals surface area contributed by atoms with Crippen LogP contribution in [-0.4, -0.2) is 30.9 Å². The average Bonchev–Trinajstić information content (AvgIpc) is 2.67. The molecular weight excluding hydrogens is 314 g/mol. The number of aliphatic imine (C=N–C) groups is 1. The van der Waals surface area contributed by atoms with Gasteiger partial charge in [0.15, 0.2) is 6.17 Å². The second-order valence-corrected chi connectivity index (χ2v) is 5.86. The Kier molecular flexibility index (Phi) is 3.32. The van der Waals surface area contributed by atoms with Crippen LogP contribution in [0.25, 0.3) is 0 Å². The van der Waals surface area contributed by atoms with E-state index in [2.05, 4.69) is 4.99 Å². The molecule has 4 rings (SSSR count). The molecule has 0 fully saturated rings. The third kappa shape index (κ3) is 2.29. The molecule has 2 aromatic rings. The van der Waals surface area contributed by atoms with E-state index >= 15 is 0 Å². The van der Waals surface area contributed by atoms with Gasteiger partial charge in [-0.1, -0.05) is 35.9 Å². The van der Waals surface area contributed by atoms with E-state index < -0.39 is 6.17 Å². The monoisotopic (exact) mass is 327 g/mol. The van der Waals surface area contributed by atoms with Gasteiger partial charge in [-0.25, -0.2) is 0 Å². The molecule has 0 radical (unpaired) electrons. The lowest BCUT2D eigenvalue weighted by Crippen LogP contribution is -2.45. The Bertz CT molecular complexity index is 834. The van der Waals surface area contributed by atoms with Crippen LogP contribution in [0.2, 0.25) is 5.02 Å². The normalized spacial score (nSPS) is 19.6. The van der Waals surface area contributed by atoms with Crippen molar-refractivity contribution in [2.24, 2.45) is 10.7 Å². The van der Waals surface area contributed by atoms with Crippen LogP contribution in [0.3, 0.4) is 0 Å². The first-order chi connectivity index (χ1) is 11.1. The summed E-state index contributed by atoms with van der Waals surface area (Å²) >= 11 is 6.11. The molecule has 5 nitrogen and oxygen atoms in total. The van der Waals surface area contributed by atoms with Crippen molar-refractivity contribution in [3.05, 3.63) is 58.6 Å². The molecule has 0 saturated carbocycles. The lowest BCUT2D eigenvalue weighted by Gasteiger charge is -2.30. The smallest absolute Gasteiger partial charge is 0.266 e. The maximum atomic E-state index is 12.6. The quantitative estimate of drug-likeness (QED) is 0.873. The van der Waals surface area contributed by atoms with Crippen molar-refractivity contribution in [1.82, 2.24) is 0 Å². The fourth-order valence-corrected chi connectivity index (χ4v) is 3.17. The highest BCUT2D eigenvalue weighted by Crippen LogP contribution is 2.38. The summed E-state index contributed by atoms with van der Waals surface area (Å²) < 4.78 is 5.70. The van der Waals surface area contributed by atoms with Crippen LogP contribution in [0.5, 0.6) is 5.75 Å². The summed E-state index contributed by atoms with van der Waals surface area (Å²) in [5, 5.41) is 0.604. The molecule has 1 atom stereocenters. The maximum Gasteiger partial charge on any atom is 0.266 e. The largest absolute Gasteiger partial charge is 0.490 e. The second kappa shape index (κ2) is 5.37. The Labute approximate surface area is 138 Å². The van der Waals surface area contributed by atoms with Gasteiger partial charge in [0.05, 0.1) is 17.9 Å². The van der Waals surface area contributed by atoms with E-state index in [1.54, 1.807) is 11.0 Å². The van der Waals surface area contributed by atoms with Crippen molar-refractivity contribution < 1.29 is 9.53 Å². The Morgan fingerprint density at radius 2 is 2.09 bits per heavy atom. The van der Waals surface area contributed by atoms with E-state index in [4.69, 9.17) is 22.1 Å². The first-order valence-corrected chi connectivity index (χ1v) is 7.70. The number of rotatable bonds is 1. The van der Waals surface area contributed by atoms with Gasteiger partial charge in [-0.15, -0.1) is 0 Å². The van der Waals surface area contributed by atoms with E-state index in [0.29, 0.717) is 29.6 Å². The van der Waals surface area contributed by atoms with E-state index in [-0.39, 0.29) is 5.91 Å². The third-order valence-corrected chi connectivity index (χ3v) is 4.22. The molecule has 1 amide bonds. The van der Waals surface area contributed by atoms with Crippen molar-refractivity contribution >= 4 is 28.9 Å². The number of hydrogen-bond donors (Lipinski definition) is 1. The van der Waals surface area contributed by atoms with E-state index in [0.717, 1.165) is 16.8 Å². The summed E-state index contributed by atoms with van der Waals surface area (Å²) in [5.74, 6) is 0.449. The van der Waals surface area contributed by atoms with Crippen LogP contribution in [0.4, 0.5) is 5.69 Å². The molecule has 0 bridgehead atoms. The number of carbonyl (C=O) groups excluding carboxylic acids is 1. The number of para-hydroxylation sites is 1. The minimum Gasteiger partial charge on any atom is -0.490 e. The highest BCUT2D eigenvalue weighted by atomic mass is 35.5. The van der Waals surface area contributed by atoms with Crippen LogP contribution >= 0.6 is 11.6 Å². The minimum absolute atomic E-state index is 0.223. The summed E-state index contributed by atoms with van der Waals surface area (Å²) in [6.07, 6.45) is -0.942. The van der Waals surface area contributed by atoms with Crippen LogP contribution in [0, 0.1) is 0 Å².